The highest BCUT2D eigenvalue weighted by Crippen LogP contribution is 2.36. The average Bonchev–Trinajstić information content (AvgIpc) is 3.40. The van der Waals surface area contributed by atoms with Crippen molar-refractivity contribution in [2.45, 2.75) is 70.7 Å². The van der Waals surface area contributed by atoms with E-state index in [-0.39, 0.29) is 17.4 Å². The van der Waals surface area contributed by atoms with E-state index in [1.165, 1.54) is 16.6 Å². The van der Waals surface area contributed by atoms with Crippen LogP contribution in [-0.2, 0) is 28.9 Å². The van der Waals surface area contributed by atoms with Crippen molar-refractivity contribution in [3.8, 4) is 0 Å². The summed E-state index contributed by atoms with van der Waals surface area (Å²) < 4.78 is 7.47. The van der Waals surface area contributed by atoms with E-state index >= 15 is 0 Å². The number of carbonyl (C=O) groups excluding carboxylic acids is 2. The number of aromatic nitrogens is 2. The molecule has 2 aliphatic rings. The fourth-order valence-electron chi connectivity index (χ4n) is 4.30. The Morgan fingerprint density at radius 3 is 2.88 bits per heavy atom. The quantitative estimate of drug-likeness (QED) is 0.454. The van der Waals surface area contributed by atoms with Crippen LogP contribution in [0.25, 0.3) is 10.2 Å². The van der Waals surface area contributed by atoms with Crippen LogP contribution in [0.15, 0.2) is 9.95 Å². The molecule has 2 unspecified atom stereocenters. The molecular weight excluding hydrogens is 460 g/mol. The number of fused-ring (bicyclic) bond motifs is 3. The maximum absolute atomic E-state index is 13.6. The minimum Gasteiger partial charge on any atom is -0.376 e. The topological polar surface area (TPSA) is 102 Å². The fourth-order valence-corrected chi connectivity index (χ4v) is 6.53. The number of thiophene rings is 1. The molecule has 0 spiro atoms. The first-order valence-corrected chi connectivity index (χ1v) is 13.5. The van der Waals surface area contributed by atoms with E-state index < -0.39 is 11.9 Å². The van der Waals surface area contributed by atoms with Gasteiger partial charge < -0.3 is 10.1 Å². The maximum atomic E-state index is 13.6. The molecule has 0 radical (unpaired) electrons. The van der Waals surface area contributed by atoms with E-state index in [2.05, 4.69) is 17.6 Å². The highest BCUT2D eigenvalue weighted by atomic mass is 32.2. The Bertz CT molecular complexity index is 1090. The van der Waals surface area contributed by atoms with Gasteiger partial charge in [-0.15, -0.1) is 11.3 Å². The lowest BCUT2D eigenvalue weighted by molar-refractivity contribution is -0.117. The molecule has 0 aromatic carbocycles. The van der Waals surface area contributed by atoms with Gasteiger partial charge in [-0.1, -0.05) is 32.5 Å². The second-order valence-electron chi connectivity index (χ2n) is 9.42. The molecule has 33 heavy (non-hydrogen) atoms. The summed E-state index contributed by atoms with van der Waals surface area (Å²) in [4.78, 5) is 44.7. The van der Waals surface area contributed by atoms with Gasteiger partial charge in [0.15, 0.2) is 5.16 Å². The van der Waals surface area contributed by atoms with Crippen molar-refractivity contribution >= 4 is 45.3 Å². The van der Waals surface area contributed by atoms with E-state index in [4.69, 9.17) is 9.72 Å². The lowest BCUT2D eigenvalue weighted by Gasteiger charge is -2.18. The van der Waals surface area contributed by atoms with Crippen LogP contribution < -0.4 is 16.2 Å². The molecule has 2 aromatic heterocycles. The van der Waals surface area contributed by atoms with Crippen molar-refractivity contribution in [3.63, 3.8) is 0 Å². The van der Waals surface area contributed by atoms with Gasteiger partial charge in [0.2, 0.25) is 5.91 Å². The van der Waals surface area contributed by atoms with Crippen molar-refractivity contribution < 1.29 is 14.3 Å². The van der Waals surface area contributed by atoms with Gasteiger partial charge in [-0.05, 0) is 49.5 Å². The van der Waals surface area contributed by atoms with Gasteiger partial charge in [-0.3, -0.25) is 19.5 Å². The molecule has 8 nitrogen and oxygen atoms in total. The number of nitrogens with one attached hydrogen (secondary N) is 2. The SMILES string of the molecule is CC(C)CNC(=O)NC(=O)CSc1nc2sc3c(c2c(=O)n1CC1CCCO1)CCC(C)C3. The van der Waals surface area contributed by atoms with Gasteiger partial charge in [-0.25, -0.2) is 9.78 Å². The van der Waals surface area contributed by atoms with Crippen molar-refractivity contribution in [1.82, 2.24) is 20.2 Å². The molecule has 2 aromatic rings. The van der Waals surface area contributed by atoms with Crippen LogP contribution in [0.4, 0.5) is 4.79 Å². The largest absolute Gasteiger partial charge is 0.376 e. The highest BCUT2D eigenvalue weighted by Gasteiger charge is 2.26. The Kier molecular flexibility index (Phi) is 7.76. The second kappa shape index (κ2) is 10.6. The number of ether oxygens (including phenoxy) is 1. The Morgan fingerprint density at radius 1 is 1.33 bits per heavy atom. The predicted octanol–water partition coefficient (Wildman–Crippen LogP) is 3.34. The molecule has 2 N–H and O–H groups in total. The summed E-state index contributed by atoms with van der Waals surface area (Å²) in [5.41, 5.74) is 1.11. The fraction of sp³-hybridized carbons (Fsp3) is 0.652. The molecule has 3 amide bonds. The smallest absolute Gasteiger partial charge is 0.321 e. The first kappa shape index (κ1) is 24.2. The van der Waals surface area contributed by atoms with Crippen molar-refractivity contribution in [3.05, 3.63) is 20.8 Å². The minimum atomic E-state index is -0.505. The normalized spacial score (nSPS) is 20.2. The zero-order valence-electron chi connectivity index (χ0n) is 19.4. The van der Waals surface area contributed by atoms with E-state index in [1.807, 2.05) is 13.8 Å². The number of hydrogen-bond acceptors (Lipinski definition) is 7. The number of carbonyl (C=O) groups is 2. The molecular formula is C23H32N4O4S2. The van der Waals surface area contributed by atoms with Gasteiger partial charge >= 0.3 is 6.03 Å². The summed E-state index contributed by atoms with van der Waals surface area (Å²) in [7, 11) is 0. The zero-order chi connectivity index (χ0) is 23.5. The number of imide groups is 1. The number of thioether (sulfide) groups is 1. The molecule has 4 rings (SSSR count). The molecule has 1 aliphatic carbocycles. The third-order valence-electron chi connectivity index (χ3n) is 6.05. The summed E-state index contributed by atoms with van der Waals surface area (Å²) in [5.74, 6) is 0.487. The zero-order valence-corrected chi connectivity index (χ0v) is 21.1. The number of hydrogen-bond donors (Lipinski definition) is 2. The summed E-state index contributed by atoms with van der Waals surface area (Å²) in [6.45, 7) is 7.84. The Labute approximate surface area is 201 Å². The van der Waals surface area contributed by atoms with Crippen LogP contribution in [0.3, 0.4) is 0 Å². The number of rotatable bonds is 7. The third kappa shape index (κ3) is 5.78. The molecule has 1 saturated heterocycles. The predicted molar refractivity (Wildman–Crippen MR) is 131 cm³/mol. The molecule has 1 fully saturated rings. The average molecular weight is 493 g/mol. The lowest BCUT2D eigenvalue weighted by Crippen LogP contribution is -2.41. The number of urea groups is 1. The minimum absolute atomic E-state index is 0.000687. The number of nitrogens with zero attached hydrogens (tertiary/aromatic N) is 2. The maximum Gasteiger partial charge on any atom is 0.321 e. The van der Waals surface area contributed by atoms with Crippen LogP contribution >= 0.6 is 23.1 Å². The third-order valence-corrected chi connectivity index (χ3v) is 8.17. The van der Waals surface area contributed by atoms with Crippen molar-refractivity contribution in [1.29, 1.82) is 0 Å². The summed E-state index contributed by atoms with van der Waals surface area (Å²) in [6, 6.07) is -0.505. The Morgan fingerprint density at radius 2 is 2.15 bits per heavy atom. The molecule has 1 aliphatic heterocycles. The molecule has 10 heteroatoms. The molecule has 0 bridgehead atoms. The summed E-state index contributed by atoms with van der Waals surface area (Å²) >= 11 is 2.80. The van der Waals surface area contributed by atoms with Crippen molar-refractivity contribution in [2.24, 2.45) is 11.8 Å². The van der Waals surface area contributed by atoms with E-state index in [0.717, 1.165) is 47.9 Å². The van der Waals surface area contributed by atoms with Gasteiger partial charge in [0.1, 0.15) is 4.83 Å². The molecule has 180 valence electrons. The van der Waals surface area contributed by atoms with E-state index in [9.17, 15) is 14.4 Å². The van der Waals surface area contributed by atoms with Gasteiger partial charge in [0, 0.05) is 18.0 Å². The van der Waals surface area contributed by atoms with Gasteiger partial charge in [-0.2, -0.15) is 0 Å². The Balaban J connectivity index is 1.57. The molecule has 2 atom stereocenters. The summed E-state index contributed by atoms with van der Waals surface area (Å²) in [5, 5.41) is 6.26. The first-order valence-electron chi connectivity index (χ1n) is 11.7. The van der Waals surface area contributed by atoms with Crippen LogP contribution in [0.5, 0.6) is 0 Å². The van der Waals surface area contributed by atoms with E-state index in [1.54, 1.807) is 15.9 Å². The molecule has 0 saturated carbocycles. The molecule has 3 heterocycles. The van der Waals surface area contributed by atoms with Gasteiger partial charge in [0.05, 0.1) is 23.8 Å². The van der Waals surface area contributed by atoms with Gasteiger partial charge in [0.25, 0.3) is 5.56 Å². The number of aryl methyl sites for hydroxylation is 1. The van der Waals surface area contributed by atoms with Crippen LogP contribution in [0, 0.1) is 11.8 Å². The van der Waals surface area contributed by atoms with Crippen LogP contribution in [-0.4, -0.2) is 46.5 Å². The summed E-state index contributed by atoms with van der Waals surface area (Å²) in [6.07, 6.45) is 4.85. The van der Waals surface area contributed by atoms with Crippen LogP contribution in [0.1, 0.15) is 50.5 Å². The van der Waals surface area contributed by atoms with E-state index in [0.29, 0.717) is 36.7 Å². The van der Waals surface area contributed by atoms with Crippen LogP contribution in [0.2, 0.25) is 0 Å². The standard InChI is InChI=1S/C23H32N4O4S2/c1-13(2)10-24-22(30)25-18(28)12-32-23-26-20-19(16-7-6-14(3)9-17(16)33-20)21(29)27(23)11-15-5-4-8-31-15/h13-15H,4-12H2,1-3H3,(H2,24,25,28,30). The number of amides is 3. The highest BCUT2D eigenvalue weighted by molar-refractivity contribution is 7.99. The second-order valence-corrected chi connectivity index (χ2v) is 11.4. The monoisotopic (exact) mass is 492 g/mol. The Hall–Kier alpha value is -1.91. The van der Waals surface area contributed by atoms with Crippen molar-refractivity contribution in [2.75, 3.05) is 18.9 Å². The lowest BCUT2D eigenvalue weighted by atomic mass is 9.89. The first-order chi connectivity index (χ1) is 15.8.